The van der Waals surface area contributed by atoms with Crippen molar-refractivity contribution in [2.75, 3.05) is 6.61 Å². The van der Waals surface area contributed by atoms with Gasteiger partial charge in [0.25, 0.3) is 5.91 Å². The first-order valence-electron chi connectivity index (χ1n) is 9.30. The zero-order valence-corrected chi connectivity index (χ0v) is 16.7. The molecule has 0 spiro atoms. The predicted octanol–water partition coefficient (Wildman–Crippen LogP) is 2.93. The van der Waals surface area contributed by atoms with E-state index in [2.05, 4.69) is 5.32 Å². The van der Waals surface area contributed by atoms with Gasteiger partial charge < -0.3 is 10.1 Å². The smallest absolute Gasteiger partial charge is 0.368 e. The molecule has 0 bridgehead atoms. The first kappa shape index (κ1) is 22.9. The molecule has 1 aliphatic heterocycles. The summed E-state index contributed by atoms with van der Waals surface area (Å²) < 4.78 is 47.0. The second-order valence-corrected chi connectivity index (χ2v) is 7.72. The molecular formula is C20H25F3N2O4. The fraction of sp³-hybridized carbons (Fsp3) is 0.550. The van der Waals surface area contributed by atoms with Gasteiger partial charge in [0.1, 0.15) is 18.2 Å². The van der Waals surface area contributed by atoms with Gasteiger partial charge in [-0.05, 0) is 38.3 Å². The summed E-state index contributed by atoms with van der Waals surface area (Å²) in [6.07, 6.45) is -6.03. The van der Waals surface area contributed by atoms with Crippen LogP contribution >= 0.6 is 0 Å². The molecule has 2 amide bonds. The van der Waals surface area contributed by atoms with E-state index >= 15 is 0 Å². The minimum atomic E-state index is -5.09. The number of halogens is 3. The molecule has 2 rings (SSSR count). The maximum Gasteiger partial charge on any atom is 0.488 e. The number of benzene rings is 1. The molecule has 1 aliphatic rings. The first-order valence-corrected chi connectivity index (χ1v) is 9.30. The summed E-state index contributed by atoms with van der Waals surface area (Å²) in [7, 11) is 0. The monoisotopic (exact) mass is 414 g/mol. The third kappa shape index (κ3) is 4.95. The Hall–Kier alpha value is -2.42. The molecule has 0 aliphatic carbocycles. The van der Waals surface area contributed by atoms with E-state index in [1.54, 1.807) is 26.8 Å². The number of nitrogens with zero attached hydrogens (tertiary/aromatic N) is 1. The Balaban J connectivity index is 2.42. The Morgan fingerprint density at radius 3 is 2.31 bits per heavy atom. The van der Waals surface area contributed by atoms with E-state index in [9.17, 15) is 27.6 Å². The first-order chi connectivity index (χ1) is 13.4. The Morgan fingerprint density at radius 1 is 1.28 bits per heavy atom. The molecule has 1 saturated heterocycles. The van der Waals surface area contributed by atoms with Crippen molar-refractivity contribution < 1.29 is 32.3 Å². The van der Waals surface area contributed by atoms with E-state index in [4.69, 9.17) is 4.74 Å². The van der Waals surface area contributed by atoms with Crippen molar-refractivity contribution in [2.24, 2.45) is 5.92 Å². The van der Waals surface area contributed by atoms with Gasteiger partial charge in [-0.1, -0.05) is 32.0 Å². The normalized spacial score (nSPS) is 23.2. The van der Waals surface area contributed by atoms with Crippen LogP contribution in [0.3, 0.4) is 0 Å². The number of Topliss-reactive ketones (excluding diaryl/α,β-unsaturated/α-hetero) is 1. The molecule has 1 aromatic rings. The van der Waals surface area contributed by atoms with E-state index in [-0.39, 0.29) is 29.4 Å². The lowest BCUT2D eigenvalue weighted by atomic mass is 9.92. The zero-order valence-electron chi connectivity index (χ0n) is 16.7. The fourth-order valence-corrected chi connectivity index (χ4v) is 3.18. The van der Waals surface area contributed by atoms with E-state index in [0.29, 0.717) is 0 Å². The molecule has 1 aromatic carbocycles. The third-order valence-corrected chi connectivity index (χ3v) is 5.06. The van der Waals surface area contributed by atoms with E-state index < -0.39 is 41.6 Å². The molecule has 0 saturated carbocycles. The van der Waals surface area contributed by atoms with E-state index in [1.807, 2.05) is 0 Å². The molecule has 1 fully saturated rings. The van der Waals surface area contributed by atoms with Gasteiger partial charge in [0.15, 0.2) is 5.78 Å². The Morgan fingerprint density at radius 2 is 1.86 bits per heavy atom. The minimum absolute atomic E-state index is 0.189. The van der Waals surface area contributed by atoms with Crippen molar-refractivity contribution in [3.8, 4) is 0 Å². The summed E-state index contributed by atoms with van der Waals surface area (Å²) in [6.45, 7) is 6.03. The summed E-state index contributed by atoms with van der Waals surface area (Å²) in [5.41, 5.74) is -1.65. The van der Waals surface area contributed by atoms with Crippen LogP contribution in [0.1, 0.15) is 44.5 Å². The number of hydrogen-bond acceptors (Lipinski definition) is 4. The number of carbonyl (C=O) groups is 3. The summed E-state index contributed by atoms with van der Waals surface area (Å²) in [5, 5.41) is 2.41. The van der Waals surface area contributed by atoms with Crippen molar-refractivity contribution in [3.05, 3.63) is 35.9 Å². The van der Waals surface area contributed by atoms with E-state index in [1.165, 1.54) is 31.2 Å². The van der Waals surface area contributed by atoms with Gasteiger partial charge in [-0.3, -0.25) is 14.4 Å². The lowest BCUT2D eigenvalue weighted by Gasteiger charge is -2.36. The number of rotatable bonds is 6. The molecular weight excluding hydrogens is 389 g/mol. The van der Waals surface area contributed by atoms with Crippen LogP contribution in [0.4, 0.5) is 13.2 Å². The Bertz CT molecular complexity index is 767. The molecule has 1 heterocycles. The van der Waals surface area contributed by atoms with Crippen LogP contribution in [0.15, 0.2) is 30.3 Å². The van der Waals surface area contributed by atoms with Crippen LogP contribution in [0.25, 0.3) is 0 Å². The predicted molar refractivity (Wildman–Crippen MR) is 98.9 cm³/mol. The molecule has 160 valence electrons. The molecule has 0 aromatic heterocycles. The van der Waals surface area contributed by atoms with Gasteiger partial charge in [-0.2, -0.15) is 0 Å². The standard InChI is InChI=1S/C20H25F3N2O4/c1-12(2)10-15(17(27)24-19(4)13(3)29-11-16(19)26)25(20(21,22)23)18(28)14-8-6-5-7-9-14/h5-9,12-13,15H,10-11H2,1-4H3,(H,24,27). The van der Waals surface area contributed by atoms with Crippen LogP contribution < -0.4 is 5.32 Å². The number of carbonyl (C=O) groups excluding carboxylic acids is 3. The van der Waals surface area contributed by atoms with E-state index in [0.717, 1.165) is 0 Å². The average Bonchev–Trinajstić information content (AvgIpc) is 2.87. The zero-order chi connectivity index (χ0) is 22.0. The van der Waals surface area contributed by atoms with Crippen LogP contribution in [0, 0.1) is 5.92 Å². The van der Waals surface area contributed by atoms with Crippen molar-refractivity contribution in [2.45, 2.75) is 58.1 Å². The minimum Gasteiger partial charge on any atom is -0.368 e. The highest BCUT2D eigenvalue weighted by molar-refractivity contribution is 6.00. The molecule has 6 nitrogen and oxygen atoms in total. The summed E-state index contributed by atoms with van der Waals surface area (Å²) >= 11 is 0. The summed E-state index contributed by atoms with van der Waals surface area (Å²) in [5.74, 6) is -3.13. The van der Waals surface area contributed by atoms with Crippen molar-refractivity contribution in [1.29, 1.82) is 0 Å². The molecule has 1 N–H and O–H groups in total. The summed E-state index contributed by atoms with van der Waals surface area (Å²) in [6, 6.07) is 5.13. The van der Waals surface area contributed by atoms with Crippen LogP contribution in [-0.4, -0.2) is 53.1 Å². The molecule has 0 radical (unpaired) electrons. The molecule has 3 atom stereocenters. The second-order valence-electron chi connectivity index (χ2n) is 7.72. The van der Waals surface area contributed by atoms with Gasteiger partial charge in [-0.15, -0.1) is 13.2 Å². The van der Waals surface area contributed by atoms with Gasteiger partial charge in [0.2, 0.25) is 5.91 Å². The highest BCUT2D eigenvalue weighted by Crippen LogP contribution is 2.30. The number of hydrogen-bond donors (Lipinski definition) is 1. The number of ether oxygens (including phenoxy) is 1. The quantitative estimate of drug-likeness (QED) is 0.727. The average molecular weight is 414 g/mol. The largest absolute Gasteiger partial charge is 0.488 e. The maximum absolute atomic E-state index is 13.9. The Kier molecular flexibility index (Phi) is 6.72. The van der Waals surface area contributed by atoms with Gasteiger partial charge in [0.05, 0.1) is 6.10 Å². The highest BCUT2D eigenvalue weighted by atomic mass is 19.4. The van der Waals surface area contributed by atoms with Gasteiger partial charge in [0, 0.05) is 5.56 Å². The number of ketones is 1. The van der Waals surface area contributed by atoms with Crippen LogP contribution in [0.2, 0.25) is 0 Å². The number of nitrogens with one attached hydrogen (secondary N) is 1. The lowest BCUT2D eigenvalue weighted by Crippen LogP contribution is -2.62. The SMILES string of the molecule is CC(C)CC(C(=O)NC1(C)C(=O)COC1C)N(C(=O)c1ccccc1)C(F)(F)F. The topological polar surface area (TPSA) is 75.7 Å². The third-order valence-electron chi connectivity index (χ3n) is 5.06. The Labute approximate surface area is 167 Å². The number of amides is 2. The van der Waals surface area contributed by atoms with Crippen molar-refractivity contribution >= 4 is 17.6 Å². The molecule has 3 unspecified atom stereocenters. The molecule has 29 heavy (non-hydrogen) atoms. The van der Waals surface area contributed by atoms with Crippen molar-refractivity contribution in [1.82, 2.24) is 10.2 Å². The molecule has 9 heteroatoms. The van der Waals surface area contributed by atoms with Gasteiger partial charge >= 0.3 is 6.30 Å². The van der Waals surface area contributed by atoms with Crippen LogP contribution in [0.5, 0.6) is 0 Å². The van der Waals surface area contributed by atoms with Crippen molar-refractivity contribution in [3.63, 3.8) is 0 Å². The van der Waals surface area contributed by atoms with Crippen LogP contribution in [-0.2, 0) is 14.3 Å². The lowest BCUT2D eigenvalue weighted by molar-refractivity contribution is -0.237. The second kappa shape index (κ2) is 8.52. The maximum atomic E-state index is 13.9. The number of alkyl halides is 3. The summed E-state index contributed by atoms with van der Waals surface area (Å²) in [4.78, 5) is 37.5. The van der Waals surface area contributed by atoms with Gasteiger partial charge in [-0.25, -0.2) is 4.90 Å². The fourth-order valence-electron chi connectivity index (χ4n) is 3.18. The highest BCUT2D eigenvalue weighted by Gasteiger charge is 2.52.